The second-order valence-corrected chi connectivity index (χ2v) is 9.50. The number of thiophene rings is 1. The molecule has 150 valence electrons. The van der Waals surface area contributed by atoms with Crippen LogP contribution in [0.25, 0.3) is 10.2 Å². The molecule has 5 rings (SSSR count). The Morgan fingerprint density at radius 1 is 1.28 bits per heavy atom. The van der Waals surface area contributed by atoms with Crippen LogP contribution in [-0.4, -0.2) is 15.5 Å². The van der Waals surface area contributed by atoms with Gasteiger partial charge in [0.1, 0.15) is 11.4 Å². The third-order valence-corrected chi connectivity index (χ3v) is 7.46. The van der Waals surface area contributed by atoms with E-state index in [-0.39, 0.29) is 24.1 Å². The molecule has 0 unspecified atom stereocenters. The van der Waals surface area contributed by atoms with Crippen LogP contribution in [0.4, 0.5) is 0 Å². The van der Waals surface area contributed by atoms with E-state index in [9.17, 15) is 9.59 Å². The van der Waals surface area contributed by atoms with Gasteiger partial charge in [0.25, 0.3) is 5.56 Å². The van der Waals surface area contributed by atoms with E-state index in [0.29, 0.717) is 5.92 Å². The zero-order valence-electron chi connectivity index (χ0n) is 16.6. The molecule has 1 amide bonds. The molecule has 0 saturated heterocycles. The summed E-state index contributed by atoms with van der Waals surface area (Å²) in [4.78, 5) is 32.5. The van der Waals surface area contributed by atoms with Gasteiger partial charge in [-0.15, -0.1) is 11.3 Å². The van der Waals surface area contributed by atoms with Crippen LogP contribution in [0.5, 0.6) is 0 Å². The van der Waals surface area contributed by atoms with Crippen LogP contribution in [0, 0.1) is 5.92 Å². The molecule has 2 atom stereocenters. The highest BCUT2D eigenvalue weighted by Crippen LogP contribution is 2.35. The number of carbonyl (C=O) groups excluding carboxylic acids is 1. The minimum Gasteiger partial charge on any atom is -0.348 e. The number of amides is 1. The normalized spacial score (nSPS) is 20.9. The number of hydrogen-bond donors (Lipinski definition) is 1. The Balaban J connectivity index is 1.39. The second-order valence-electron chi connectivity index (χ2n) is 8.42. The summed E-state index contributed by atoms with van der Waals surface area (Å²) in [6, 6.07) is 8.32. The molecule has 29 heavy (non-hydrogen) atoms. The third-order valence-electron chi connectivity index (χ3n) is 6.30. The van der Waals surface area contributed by atoms with Gasteiger partial charge in [-0.2, -0.15) is 0 Å². The maximum atomic E-state index is 13.1. The fraction of sp³-hybridized carbons (Fsp3) is 0.435. The lowest BCUT2D eigenvalue weighted by molar-refractivity contribution is -0.122. The molecule has 0 bridgehead atoms. The van der Waals surface area contributed by atoms with Crippen molar-refractivity contribution in [1.82, 2.24) is 14.9 Å². The van der Waals surface area contributed by atoms with Crippen LogP contribution in [0.3, 0.4) is 0 Å². The first-order valence-corrected chi connectivity index (χ1v) is 11.3. The Bertz CT molecular complexity index is 1150. The second kappa shape index (κ2) is 7.41. The number of aryl methyl sites for hydroxylation is 2. The smallest absolute Gasteiger partial charge is 0.262 e. The summed E-state index contributed by atoms with van der Waals surface area (Å²) >= 11 is 1.64. The van der Waals surface area contributed by atoms with Crippen LogP contribution in [0.2, 0.25) is 0 Å². The lowest BCUT2D eigenvalue weighted by Crippen LogP contribution is -2.36. The number of aromatic nitrogens is 2. The highest BCUT2D eigenvalue weighted by molar-refractivity contribution is 7.18. The molecule has 1 N–H and O–H groups in total. The van der Waals surface area contributed by atoms with Gasteiger partial charge in [0.05, 0.1) is 17.8 Å². The summed E-state index contributed by atoms with van der Waals surface area (Å²) in [5.41, 5.74) is 3.59. The van der Waals surface area contributed by atoms with Gasteiger partial charge >= 0.3 is 0 Å². The van der Waals surface area contributed by atoms with E-state index in [2.05, 4.69) is 29.4 Å². The summed E-state index contributed by atoms with van der Waals surface area (Å²) in [6.07, 6.45) is 7.66. The van der Waals surface area contributed by atoms with Gasteiger partial charge in [-0.3, -0.25) is 14.2 Å². The Morgan fingerprint density at radius 2 is 2.14 bits per heavy atom. The summed E-state index contributed by atoms with van der Waals surface area (Å²) in [5, 5.41) is 3.87. The fourth-order valence-electron chi connectivity index (χ4n) is 4.78. The largest absolute Gasteiger partial charge is 0.348 e. The van der Waals surface area contributed by atoms with Crippen molar-refractivity contribution in [2.75, 3.05) is 0 Å². The molecule has 1 aromatic carbocycles. The Hall–Kier alpha value is -2.47. The van der Waals surface area contributed by atoms with Gasteiger partial charge in [0.15, 0.2) is 0 Å². The van der Waals surface area contributed by atoms with Crippen molar-refractivity contribution < 1.29 is 4.79 Å². The Morgan fingerprint density at radius 3 is 3.03 bits per heavy atom. The van der Waals surface area contributed by atoms with Crippen molar-refractivity contribution in [3.05, 3.63) is 62.5 Å². The van der Waals surface area contributed by atoms with Gasteiger partial charge in [-0.25, -0.2) is 4.98 Å². The van der Waals surface area contributed by atoms with Gasteiger partial charge in [-0.05, 0) is 61.1 Å². The third kappa shape index (κ3) is 3.39. The van der Waals surface area contributed by atoms with Crippen molar-refractivity contribution >= 4 is 27.5 Å². The summed E-state index contributed by atoms with van der Waals surface area (Å²) in [7, 11) is 0. The van der Waals surface area contributed by atoms with Gasteiger partial charge in [0.2, 0.25) is 5.91 Å². The first-order valence-electron chi connectivity index (χ1n) is 10.5. The minimum atomic E-state index is -0.132. The standard InChI is InChI=1S/C23H25N3O2S/c1-14-9-10-17-19(11-14)29-22-21(17)23(28)26(13-24-22)12-20(27)25-18-8-4-6-15-5-2-3-7-16(15)18/h2-3,5,7,13-14,18H,4,6,8-12H2,1H3,(H,25,27)/t14-,18+/m1/s1. The highest BCUT2D eigenvalue weighted by atomic mass is 32.1. The van der Waals surface area contributed by atoms with Gasteiger partial charge in [0, 0.05) is 4.88 Å². The van der Waals surface area contributed by atoms with Crippen molar-refractivity contribution in [1.29, 1.82) is 0 Å². The van der Waals surface area contributed by atoms with Crippen LogP contribution >= 0.6 is 11.3 Å². The molecular weight excluding hydrogens is 382 g/mol. The monoisotopic (exact) mass is 407 g/mol. The first kappa shape index (κ1) is 18.6. The van der Waals surface area contributed by atoms with E-state index >= 15 is 0 Å². The van der Waals surface area contributed by atoms with E-state index in [1.807, 2.05) is 12.1 Å². The average Bonchev–Trinajstić information content (AvgIpc) is 3.08. The highest BCUT2D eigenvalue weighted by Gasteiger charge is 2.24. The number of benzene rings is 1. The van der Waals surface area contributed by atoms with Gasteiger partial charge < -0.3 is 5.32 Å². The molecule has 5 nitrogen and oxygen atoms in total. The molecular formula is C23H25N3O2S. The summed E-state index contributed by atoms with van der Waals surface area (Å²) in [5.74, 6) is 0.523. The van der Waals surface area contributed by atoms with Crippen LogP contribution in [0.15, 0.2) is 35.4 Å². The van der Waals surface area contributed by atoms with Gasteiger partial charge in [-0.1, -0.05) is 31.2 Å². The predicted octanol–water partition coefficient (Wildman–Crippen LogP) is 3.78. The summed E-state index contributed by atoms with van der Waals surface area (Å²) < 4.78 is 1.47. The van der Waals surface area contributed by atoms with Crippen LogP contribution < -0.4 is 10.9 Å². The molecule has 0 fully saturated rings. The lowest BCUT2D eigenvalue weighted by atomic mass is 9.88. The summed E-state index contributed by atoms with van der Waals surface area (Å²) in [6.45, 7) is 2.27. The van der Waals surface area contributed by atoms with E-state index in [4.69, 9.17) is 0 Å². The number of fused-ring (bicyclic) bond motifs is 4. The number of hydrogen-bond acceptors (Lipinski definition) is 4. The average molecular weight is 408 g/mol. The van der Waals surface area contributed by atoms with Crippen molar-refractivity contribution in [3.8, 4) is 0 Å². The molecule has 3 aromatic rings. The van der Waals surface area contributed by atoms with Crippen molar-refractivity contribution in [2.45, 2.75) is 58.0 Å². The molecule has 0 aliphatic heterocycles. The molecule has 2 aliphatic carbocycles. The van der Waals surface area contributed by atoms with Crippen molar-refractivity contribution in [3.63, 3.8) is 0 Å². The number of nitrogens with one attached hydrogen (secondary N) is 1. The molecule has 6 heteroatoms. The van der Waals surface area contributed by atoms with E-state index in [1.54, 1.807) is 11.3 Å². The number of nitrogens with zero attached hydrogens (tertiary/aromatic N) is 2. The fourth-order valence-corrected chi connectivity index (χ4v) is 6.12. The molecule has 2 aromatic heterocycles. The topological polar surface area (TPSA) is 64.0 Å². The van der Waals surface area contributed by atoms with E-state index in [1.165, 1.54) is 26.9 Å². The molecule has 0 spiro atoms. The van der Waals surface area contributed by atoms with Crippen LogP contribution in [-0.2, 0) is 30.6 Å². The quantitative estimate of drug-likeness (QED) is 0.719. The zero-order valence-corrected chi connectivity index (χ0v) is 17.4. The number of carbonyl (C=O) groups is 1. The van der Waals surface area contributed by atoms with Crippen molar-refractivity contribution in [2.24, 2.45) is 5.92 Å². The predicted molar refractivity (Wildman–Crippen MR) is 115 cm³/mol. The molecule has 2 heterocycles. The van der Waals surface area contributed by atoms with E-state index in [0.717, 1.165) is 54.3 Å². The first-order chi connectivity index (χ1) is 14.1. The molecule has 2 aliphatic rings. The number of rotatable bonds is 3. The maximum absolute atomic E-state index is 13.1. The Labute approximate surface area is 173 Å². The SMILES string of the molecule is C[C@@H]1CCc2c(sc3ncn(CC(=O)N[C@H]4CCCc5ccccc54)c(=O)c23)C1. The Kier molecular flexibility index (Phi) is 4.74. The zero-order chi connectivity index (χ0) is 20.0. The van der Waals surface area contributed by atoms with E-state index < -0.39 is 0 Å². The minimum absolute atomic E-state index is 0.0153. The maximum Gasteiger partial charge on any atom is 0.262 e. The lowest BCUT2D eigenvalue weighted by Gasteiger charge is -2.26. The molecule has 0 saturated carbocycles. The van der Waals surface area contributed by atoms with Crippen LogP contribution in [0.1, 0.15) is 53.8 Å². The molecule has 0 radical (unpaired) electrons.